The molecule has 1 atom stereocenters. The lowest BCUT2D eigenvalue weighted by molar-refractivity contribution is -0.0328. The van der Waals surface area contributed by atoms with Gasteiger partial charge in [0, 0.05) is 35.9 Å². The second-order valence-electron chi connectivity index (χ2n) is 8.40. The Bertz CT molecular complexity index is 1240. The van der Waals surface area contributed by atoms with E-state index >= 15 is 0 Å². The van der Waals surface area contributed by atoms with Gasteiger partial charge in [-0.2, -0.15) is 13.2 Å². The number of hydrogen-bond acceptors (Lipinski definition) is 6. The molecule has 3 aromatic rings. The van der Waals surface area contributed by atoms with Gasteiger partial charge in [0.2, 0.25) is 10.0 Å². The van der Waals surface area contributed by atoms with Gasteiger partial charge in [-0.15, -0.1) is 0 Å². The summed E-state index contributed by atoms with van der Waals surface area (Å²) in [6.07, 6.45) is 1.57. The van der Waals surface area contributed by atoms with E-state index in [0.29, 0.717) is 18.8 Å². The maximum atomic E-state index is 12.6. The van der Waals surface area contributed by atoms with Crippen molar-refractivity contribution in [1.82, 2.24) is 9.88 Å². The lowest BCUT2D eigenvalue weighted by Crippen LogP contribution is -2.28. The highest BCUT2D eigenvalue weighted by molar-refractivity contribution is 8.00. The Morgan fingerprint density at radius 1 is 1.06 bits per heavy atom. The first-order valence-electron chi connectivity index (χ1n) is 10.9. The predicted octanol–water partition coefficient (Wildman–Crippen LogP) is 5.30. The fraction of sp³-hybridized carbons (Fsp3) is 0.292. The van der Waals surface area contributed by atoms with Crippen LogP contribution < -0.4 is 9.62 Å². The quantitative estimate of drug-likeness (QED) is 0.405. The Morgan fingerprint density at radius 2 is 1.77 bits per heavy atom. The smallest absolute Gasteiger partial charge is 0.357 e. The number of anilines is 2. The first kappa shape index (κ1) is 25.3. The minimum absolute atomic E-state index is 0.123. The Balaban J connectivity index is 1.38. The van der Waals surface area contributed by atoms with Gasteiger partial charge in [-0.05, 0) is 66.2 Å². The van der Waals surface area contributed by atoms with Crippen LogP contribution in [0.1, 0.15) is 18.1 Å². The Morgan fingerprint density at radius 3 is 2.46 bits per heavy atom. The number of sulfonamides is 1. The van der Waals surface area contributed by atoms with Crippen molar-refractivity contribution in [1.29, 1.82) is 0 Å². The number of nitrogens with one attached hydrogen (secondary N) is 1. The molecule has 0 amide bonds. The maximum Gasteiger partial charge on any atom is 0.446 e. The number of benzene rings is 2. The van der Waals surface area contributed by atoms with Gasteiger partial charge < -0.3 is 4.90 Å². The van der Waals surface area contributed by atoms with Gasteiger partial charge in [-0.1, -0.05) is 30.3 Å². The van der Waals surface area contributed by atoms with E-state index in [9.17, 15) is 21.6 Å². The van der Waals surface area contributed by atoms with Gasteiger partial charge in [0.15, 0.2) is 0 Å². The highest BCUT2D eigenvalue weighted by Crippen LogP contribution is 2.37. The molecule has 0 spiro atoms. The van der Waals surface area contributed by atoms with Crippen LogP contribution in [0.2, 0.25) is 0 Å². The molecule has 2 heterocycles. The van der Waals surface area contributed by atoms with Crippen LogP contribution in [0, 0.1) is 0 Å². The summed E-state index contributed by atoms with van der Waals surface area (Å²) in [7, 11) is -3.61. The summed E-state index contributed by atoms with van der Waals surface area (Å²) in [6.45, 7) is 3.99. The van der Waals surface area contributed by atoms with Gasteiger partial charge in [-0.25, -0.2) is 13.4 Å². The van der Waals surface area contributed by atoms with Crippen molar-refractivity contribution in [3.8, 4) is 0 Å². The number of hydrogen-bond donors (Lipinski definition) is 1. The van der Waals surface area contributed by atoms with Gasteiger partial charge in [0.25, 0.3) is 0 Å². The summed E-state index contributed by atoms with van der Waals surface area (Å²) in [5.74, 6) is 0.123. The zero-order valence-electron chi connectivity index (χ0n) is 18.9. The van der Waals surface area contributed by atoms with Crippen LogP contribution in [0.25, 0.3) is 0 Å². The molecule has 11 heteroatoms. The number of nitrogens with zero attached hydrogens (tertiary/aromatic N) is 3. The molecule has 1 aliphatic rings. The van der Waals surface area contributed by atoms with E-state index < -0.39 is 15.5 Å². The molecule has 1 saturated heterocycles. The van der Waals surface area contributed by atoms with Gasteiger partial charge >= 0.3 is 5.51 Å². The number of halogens is 3. The summed E-state index contributed by atoms with van der Waals surface area (Å²) in [4.78, 5) is 8.64. The second kappa shape index (κ2) is 10.5. The monoisotopic (exact) mass is 522 g/mol. The van der Waals surface area contributed by atoms with E-state index in [2.05, 4.69) is 26.4 Å². The van der Waals surface area contributed by atoms with E-state index in [1.165, 1.54) is 12.1 Å². The molecule has 2 aromatic carbocycles. The lowest BCUT2D eigenvalue weighted by atomic mass is 10.2. The standard InChI is InChI=1S/C24H25F3N4O2S2/c1-18-14-31(21-7-9-22(10-8-21)34-24(25,26)27)17-30(18)15-20-11-12-28-23(13-20)29-35(32,33)16-19-5-3-2-4-6-19/h2-13,18H,14-17H2,1H3,(H,28,29). The number of alkyl halides is 3. The van der Waals surface area contributed by atoms with Crippen molar-refractivity contribution in [2.24, 2.45) is 0 Å². The largest absolute Gasteiger partial charge is 0.446 e. The number of thioether (sulfide) groups is 1. The first-order chi connectivity index (χ1) is 16.6. The third-order valence-corrected chi connectivity index (χ3v) is 7.54. The molecule has 0 bridgehead atoms. The van der Waals surface area contributed by atoms with Crippen LogP contribution in [0.4, 0.5) is 24.7 Å². The van der Waals surface area contributed by atoms with Crippen LogP contribution in [-0.4, -0.2) is 43.1 Å². The average Bonchev–Trinajstić information content (AvgIpc) is 3.13. The molecule has 1 N–H and O–H groups in total. The van der Waals surface area contributed by atoms with Crippen molar-refractivity contribution in [2.45, 2.75) is 35.7 Å². The van der Waals surface area contributed by atoms with Crippen LogP contribution in [0.5, 0.6) is 0 Å². The molecule has 4 rings (SSSR count). The normalized spacial score (nSPS) is 17.0. The highest BCUT2D eigenvalue weighted by atomic mass is 32.2. The molecular weight excluding hydrogens is 497 g/mol. The Labute approximate surface area is 207 Å². The molecular formula is C24H25F3N4O2S2. The fourth-order valence-electron chi connectivity index (χ4n) is 3.95. The second-order valence-corrected chi connectivity index (χ2v) is 11.3. The number of pyridine rings is 1. The summed E-state index contributed by atoms with van der Waals surface area (Å²) in [5.41, 5.74) is -1.86. The summed E-state index contributed by atoms with van der Waals surface area (Å²) in [5, 5.41) is 0. The van der Waals surface area contributed by atoms with Gasteiger partial charge in [-0.3, -0.25) is 9.62 Å². The van der Waals surface area contributed by atoms with Crippen molar-refractivity contribution in [3.05, 3.63) is 84.1 Å². The molecule has 6 nitrogen and oxygen atoms in total. The zero-order valence-corrected chi connectivity index (χ0v) is 20.6. The van der Waals surface area contributed by atoms with Crippen LogP contribution >= 0.6 is 11.8 Å². The minimum Gasteiger partial charge on any atom is -0.357 e. The summed E-state index contributed by atoms with van der Waals surface area (Å²) in [6, 6.07) is 19.1. The molecule has 0 radical (unpaired) electrons. The van der Waals surface area contributed by atoms with Crippen LogP contribution in [0.3, 0.4) is 0 Å². The Kier molecular flexibility index (Phi) is 7.58. The zero-order chi connectivity index (χ0) is 25.1. The highest BCUT2D eigenvalue weighted by Gasteiger charge is 2.30. The molecule has 0 aliphatic carbocycles. The fourth-order valence-corrected chi connectivity index (χ4v) is 5.63. The van der Waals surface area contributed by atoms with E-state index in [4.69, 9.17) is 0 Å². The van der Waals surface area contributed by atoms with E-state index in [1.54, 1.807) is 48.7 Å². The molecule has 1 aliphatic heterocycles. The van der Waals surface area contributed by atoms with E-state index in [0.717, 1.165) is 17.8 Å². The van der Waals surface area contributed by atoms with Crippen molar-refractivity contribution in [3.63, 3.8) is 0 Å². The van der Waals surface area contributed by atoms with Crippen molar-refractivity contribution >= 4 is 33.3 Å². The van der Waals surface area contributed by atoms with Gasteiger partial charge in [0.05, 0.1) is 12.4 Å². The van der Waals surface area contributed by atoms with E-state index in [1.807, 2.05) is 12.1 Å². The van der Waals surface area contributed by atoms with E-state index in [-0.39, 0.29) is 34.3 Å². The minimum atomic E-state index is -4.31. The topological polar surface area (TPSA) is 65.5 Å². The first-order valence-corrected chi connectivity index (χ1v) is 13.4. The van der Waals surface area contributed by atoms with Crippen LogP contribution in [0.15, 0.2) is 77.8 Å². The third kappa shape index (κ3) is 7.36. The van der Waals surface area contributed by atoms with Crippen LogP contribution in [-0.2, 0) is 22.3 Å². The number of aromatic nitrogens is 1. The summed E-state index contributed by atoms with van der Waals surface area (Å²) >= 11 is -0.123. The molecule has 35 heavy (non-hydrogen) atoms. The SMILES string of the molecule is CC1CN(c2ccc(SC(F)(F)F)cc2)CN1Cc1ccnc(NS(=O)(=O)Cc2ccccc2)c1. The summed E-state index contributed by atoms with van der Waals surface area (Å²) < 4.78 is 65.4. The van der Waals surface area contributed by atoms with Crippen molar-refractivity contribution < 1.29 is 21.6 Å². The average molecular weight is 523 g/mol. The molecule has 1 fully saturated rings. The molecule has 0 saturated carbocycles. The maximum absolute atomic E-state index is 12.6. The van der Waals surface area contributed by atoms with Gasteiger partial charge in [0.1, 0.15) is 5.82 Å². The molecule has 1 aromatic heterocycles. The van der Waals surface area contributed by atoms with Crippen molar-refractivity contribution in [2.75, 3.05) is 22.8 Å². The molecule has 1 unspecified atom stereocenters. The lowest BCUT2D eigenvalue weighted by Gasteiger charge is -2.21. The Hall–Kier alpha value is -2.76. The third-order valence-electron chi connectivity index (χ3n) is 5.57. The number of rotatable bonds is 8. The molecule has 186 valence electrons. The predicted molar refractivity (Wildman–Crippen MR) is 132 cm³/mol.